The average molecular weight is 309 g/mol. The number of aliphatic imine (C=N–C) groups is 1. The molecule has 3 heterocycles. The lowest BCUT2D eigenvalue weighted by atomic mass is 10.1. The molecule has 0 amide bonds. The van der Waals surface area contributed by atoms with Gasteiger partial charge in [0.05, 0.1) is 11.3 Å². The van der Waals surface area contributed by atoms with Crippen LogP contribution in [-0.4, -0.2) is 20.8 Å². The van der Waals surface area contributed by atoms with E-state index in [1.54, 1.807) is 12.3 Å². The third-order valence-electron chi connectivity index (χ3n) is 3.45. The molecule has 0 saturated carbocycles. The van der Waals surface area contributed by atoms with Crippen LogP contribution in [0.5, 0.6) is 0 Å². The number of rotatable bonds is 1. The fourth-order valence-corrected chi connectivity index (χ4v) is 3.16. The van der Waals surface area contributed by atoms with Gasteiger partial charge >= 0.3 is 0 Å². The summed E-state index contributed by atoms with van der Waals surface area (Å²) < 4.78 is 1.51. The molecule has 1 aliphatic rings. The van der Waals surface area contributed by atoms with E-state index in [-0.39, 0.29) is 5.56 Å². The van der Waals surface area contributed by atoms with Crippen molar-refractivity contribution in [2.24, 2.45) is 4.99 Å². The number of allylic oxidation sites excluding steroid dienone is 1. The Kier molecular flexibility index (Phi) is 2.70. The van der Waals surface area contributed by atoms with E-state index in [0.717, 1.165) is 21.8 Å². The molecule has 7 heteroatoms. The summed E-state index contributed by atoms with van der Waals surface area (Å²) >= 11 is 1.33. The Balaban J connectivity index is 1.95. The number of anilines is 1. The number of nitrogens with two attached hydrogens (primary N) is 1. The molecular weight excluding hydrogens is 298 g/mol. The molecule has 1 aromatic carbocycles. The van der Waals surface area contributed by atoms with Gasteiger partial charge in [-0.05, 0) is 19.1 Å². The van der Waals surface area contributed by atoms with Crippen LogP contribution >= 0.6 is 11.3 Å². The summed E-state index contributed by atoms with van der Waals surface area (Å²) in [6.45, 7) is 1.85. The molecule has 2 N–H and O–H groups in total. The summed E-state index contributed by atoms with van der Waals surface area (Å²) in [5.41, 5.74) is 8.78. The number of nitrogen functional groups attached to an aromatic ring is 1. The van der Waals surface area contributed by atoms with E-state index < -0.39 is 0 Å². The molecule has 3 aromatic rings. The fourth-order valence-electron chi connectivity index (χ4n) is 2.42. The van der Waals surface area contributed by atoms with E-state index in [4.69, 9.17) is 5.73 Å². The number of hydrogen-bond donors (Lipinski definition) is 1. The predicted molar refractivity (Wildman–Crippen MR) is 88.7 cm³/mol. The number of fused-ring (bicyclic) bond motifs is 2. The standard InChI is InChI=1S/C15H11N5OS/c1-8-19-20-13(16)11(14(21)18-15(20)22-8)6-9-7-17-12-5-3-2-4-10(9)12/h2-7H,16H2,1H3/b9-6+. The van der Waals surface area contributed by atoms with Crippen LogP contribution in [0.4, 0.5) is 11.5 Å². The van der Waals surface area contributed by atoms with Gasteiger partial charge in [-0.2, -0.15) is 14.6 Å². The first-order valence-corrected chi connectivity index (χ1v) is 7.46. The zero-order chi connectivity index (χ0) is 15.3. The third kappa shape index (κ3) is 1.86. The Morgan fingerprint density at radius 1 is 1.32 bits per heavy atom. The molecule has 4 rings (SSSR count). The Morgan fingerprint density at radius 3 is 3.00 bits per heavy atom. The van der Waals surface area contributed by atoms with Crippen molar-refractivity contribution in [3.63, 3.8) is 0 Å². The minimum absolute atomic E-state index is 0.296. The SMILES string of the molecule is Cc1nn2c(N)c(/C=C3\C=Nc4ccccc43)c(=O)nc2s1. The van der Waals surface area contributed by atoms with Crippen molar-refractivity contribution < 1.29 is 0 Å². The number of nitrogens with zero attached hydrogens (tertiary/aromatic N) is 4. The van der Waals surface area contributed by atoms with Crippen molar-refractivity contribution in [3.8, 4) is 0 Å². The van der Waals surface area contributed by atoms with Gasteiger partial charge in [0.2, 0.25) is 4.96 Å². The van der Waals surface area contributed by atoms with Gasteiger partial charge in [-0.15, -0.1) is 0 Å². The lowest BCUT2D eigenvalue weighted by Gasteiger charge is -2.03. The van der Waals surface area contributed by atoms with Gasteiger partial charge in [-0.1, -0.05) is 29.5 Å². The Bertz CT molecular complexity index is 1030. The van der Waals surface area contributed by atoms with Crippen molar-refractivity contribution in [2.75, 3.05) is 5.73 Å². The second-order valence-electron chi connectivity index (χ2n) is 4.91. The highest BCUT2D eigenvalue weighted by molar-refractivity contribution is 7.16. The second kappa shape index (κ2) is 4.60. The first-order chi connectivity index (χ1) is 10.6. The Morgan fingerprint density at radius 2 is 2.14 bits per heavy atom. The summed E-state index contributed by atoms with van der Waals surface area (Å²) in [6.07, 6.45) is 3.45. The molecule has 0 aliphatic carbocycles. The smallest absolute Gasteiger partial charge is 0.283 e. The van der Waals surface area contributed by atoms with Crippen LogP contribution in [0.1, 0.15) is 16.1 Å². The topological polar surface area (TPSA) is 85.6 Å². The fraction of sp³-hybridized carbons (Fsp3) is 0.0667. The molecule has 0 saturated heterocycles. The minimum atomic E-state index is -0.355. The number of hydrogen-bond acceptors (Lipinski definition) is 6. The number of benzene rings is 1. The zero-order valence-electron chi connectivity index (χ0n) is 11.6. The van der Waals surface area contributed by atoms with Crippen molar-refractivity contribution in [1.29, 1.82) is 0 Å². The minimum Gasteiger partial charge on any atom is -0.383 e. The van der Waals surface area contributed by atoms with Crippen molar-refractivity contribution in [3.05, 3.63) is 50.8 Å². The molecule has 108 valence electrons. The van der Waals surface area contributed by atoms with E-state index in [0.29, 0.717) is 16.3 Å². The van der Waals surface area contributed by atoms with Crippen LogP contribution in [0.25, 0.3) is 16.6 Å². The maximum atomic E-state index is 12.2. The molecule has 22 heavy (non-hydrogen) atoms. The van der Waals surface area contributed by atoms with Gasteiger partial charge < -0.3 is 5.73 Å². The molecule has 0 bridgehead atoms. The zero-order valence-corrected chi connectivity index (χ0v) is 12.5. The highest BCUT2D eigenvalue weighted by Gasteiger charge is 2.16. The molecule has 2 aromatic heterocycles. The summed E-state index contributed by atoms with van der Waals surface area (Å²) in [5.74, 6) is 0.296. The molecule has 0 atom stereocenters. The highest BCUT2D eigenvalue weighted by atomic mass is 32.1. The molecule has 0 radical (unpaired) electrons. The van der Waals surface area contributed by atoms with E-state index >= 15 is 0 Å². The van der Waals surface area contributed by atoms with Crippen molar-refractivity contribution in [1.82, 2.24) is 14.6 Å². The molecular formula is C15H11N5OS. The summed E-state index contributed by atoms with van der Waals surface area (Å²) in [5, 5.41) is 5.08. The second-order valence-corrected chi connectivity index (χ2v) is 6.07. The van der Waals surface area contributed by atoms with Crippen LogP contribution in [0.15, 0.2) is 34.1 Å². The maximum Gasteiger partial charge on any atom is 0.283 e. The monoisotopic (exact) mass is 309 g/mol. The summed E-state index contributed by atoms with van der Waals surface area (Å²) in [7, 11) is 0. The van der Waals surface area contributed by atoms with E-state index in [1.165, 1.54) is 15.9 Å². The average Bonchev–Trinajstić information content (AvgIpc) is 3.07. The van der Waals surface area contributed by atoms with Crippen molar-refractivity contribution >= 4 is 45.7 Å². The van der Waals surface area contributed by atoms with Gasteiger partial charge in [0.15, 0.2) is 0 Å². The first-order valence-electron chi connectivity index (χ1n) is 6.64. The summed E-state index contributed by atoms with van der Waals surface area (Å²) in [6, 6.07) is 7.74. The van der Waals surface area contributed by atoms with Crippen LogP contribution in [0.2, 0.25) is 0 Å². The quantitative estimate of drug-likeness (QED) is 0.747. The Labute approximate surface area is 129 Å². The van der Waals surface area contributed by atoms with Gasteiger partial charge in [0, 0.05) is 17.4 Å². The lowest BCUT2D eigenvalue weighted by molar-refractivity contribution is 0.920. The number of para-hydroxylation sites is 1. The largest absolute Gasteiger partial charge is 0.383 e. The molecule has 0 spiro atoms. The van der Waals surface area contributed by atoms with Crippen LogP contribution in [0, 0.1) is 6.92 Å². The van der Waals surface area contributed by atoms with Gasteiger partial charge in [0.25, 0.3) is 5.56 Å². The van der Waals surface area contributed by atoms with E-state index in [9.17, 15) is 4.79 Å². The predicted octanol–water partition coefficient (Wildman–Crippen LogP) is 2.30. The van der Waals surface area contributed by atoms with Crippen LogP contribution < -0.4 is 11.3 Å². The molecule has 6 nitrogen and oxygen atoms in total. The molecule has 1 aliphatic heterocycles. The van der Waals surface area contributed by atoms with Crippen LogP contribution in [0.3, 0.4) is 0 Å². The normalized spacial score (nSPS) is 14.9. The highest BCUT2D eigenvalue weighted by Crippen LogP contribution is 2.32. The van der Waals surface area contributed by atoms with Crippen molar-refractivity contribution in [2.45, 2.75) is 6.92 Å². The number of aryl methyl sites for hydroxylation is 1. The Hall–Kier alpha value is -2.80. The van der Waals surface area contributed by atoms with E-state index in [1.807, 2.05) is 31.2 Å². The van der Waals surface area contributed by atoms with Gasteiger partial charge in [-0.3, -0.25) is 9.79 Å². The lowest BCUT2D eigenvalue weighted by Crippen LogP contribution is -2.16. The van der Waals surface area contributed by atoms with Crippen LogP contribution in [-0.2, 0) is 0 Å². The van der Waals surface area contributed by atoms with E-state index in [2.05, 4.69) is 15.1 Å². The summed E-state index contributed by atoms with van der Waals surface area (Å²) in [4.78, 5) is 21.1. The maximum absolute atomic E-state index is 12.2. The van der Waals surface area contributed by atoms with Gasteiger partial charge in [0.1, 0.15) is 10.8 Å². The third-order valence-corrected chi connectivity index (χ3v) is 4.27. The first kappa shape index (κ1) is 12.9. The van der Waals surface area contributed by atoms with Gasteiger partial charge in [-0.25, -0.2) is 0 Å². The molecule has 0 unspecified atom stereocenters. The number of aromatic nitrogens is 3. The molecule has 0 fully saturated rings.